The Labute approximate surface area is 186 Å². The predicted octanol–water partition coefficient (Wildman–Crippen LogP) is 6.23. The van der Waals surface area contributed by atoms with Gasteiger partial charge in [-0.2, -0.15) is 0 Å². The molecule has 3 aromatic rings. The summed E-state index contributed by atoms with van der Waals surface area (Å²) < 4.78 is 5.45. The van der Waals surface area contributed by atoms with E-state index in [1.54, 1.807) is 30.3 Å². The first kappa shape index (κ1) is 21.4. The van der Waals surface area contributed by atoms with Gasteiger partial charge in [-0.25, -0.2) is 9.78 Å². The van der Waals surface area contributed by atoms with Gasteiger partial charge in [0.1, 0.15) is 5.15 Å². The quantitative estimate of drug-likeness (QED) is 0.355. The Balaban J connectivity index is 1.87. The number of rotatable bonds is 5. The zero-order chi connectivity index (χ0) is 21.0. The molecule has 1 atom stereocenters. The normalized spacial score (nSPS) is 11.6. The zero-order valence-electron chi connectivity index (χ0n) is 14.5. The molecular weight excluding hydrogens is 458 g/mol. The van der Waals surface area contributed by atoms with Gasteiger partial charge in [-0.15, -0.1) is 0 Å². The van der Waals surface area contributed by atoms with Crippen molar-refractivity contribution in [3.63, 3.8) is 0 Å². The van der Waals surface area contributed by atoms with Crippen LogP contribution in [-0.4, -0.2) is 16.9 Å². The van der Waals surface area contributed by atoms with Gasteiger partial charge in [0, 0.05) is 27.5 Å². The predicted molar refractivity (Wildman–Crippen MR) is 114 cm³/mol. The molecule has 0 radical (unpaired) electrons. The number of carbonyl (C=O) groups excluding carboxylic acids is 2. The van der Waals surface area contributed by atoms with Crippen LogP contribution in [0.5, 0.6) is 0 Å². The summed E-state index contributed by atoms with van der Waals surface area (Å²) in [6.07, 6.45) is -0.0244. The first-order valence-electron chi connectivity index (χ1n) is 8.17. The van der Waals surface area contributed by atoms with Gasteiger partial charge in [0.15, 0.2) is 0 Å². The molecule has 0 saturated heterocycles. The third-order valence-corrected chi connectivity index (χ3v) is 4.85. The molecule has 0 aliphatic heterocycles. The summed E-state index contributed by atoms with van der Waals surface area (Å²) >= 11 is 23.6. The van der Waals surface area contributed by atoms with E-state index < -0.39 is 18.0 Å². The number of hydrogen-bond acceptors (Lipinski definition) is 4. The van der Waals surface area contributed by atoms with E-state index >= 15 is 0 Å². The van der Waals surface area contributed by atoms with Crippen molar-refractivity contribution in [1.29, 1.82) is 0 Å². The molecular formula is C20H12Cl4N2O3. The van der Waals surface area contributed by atoms with E-state index in [0.717, 1.165) is 0 Å². The van der Waals surface area contributed by atoms with E-state index in [4.69, 9.17) is 51.1 Å². The second kappa shape index (κ2) is 9.46. The number of benzene rings is 2. The van der Waals surface area contributed by atoms with Gasteiger partial charge in [0.25, 0.3) is 5.91 Å². The van der Waals surface area contributed by atoms with Crippen molar-refractivity contribution in [1.82, 2.24) is 4.98 Å². The van der Waals surface area contributed by atoms with Crippen LogP contribution >= 0.6 is 46.4 Å². The zero-order valence-corrected chi connectivity index (χ0v) is 17.6. The summed E-state index contributed by atoms with van der Waals surface area (Å²) in [7, 11) is 0. The third kappa shape index (κ3) is 5.61. The summed E-state index contributed by atoms with van der Waals surface area (Å²) in [5.41, 5.74) is 0.888. The largest absolute Gasteiger partial charge is 0.444 e. The van der Waals surface area contributed by atoms with Gasteiger partial charge in [0.2, 0.25) is 6.10 Å². The van der Waals surface area contributed by atoms with E-state index in [9.17, 15) is 9.59 Å². The number of nitrogens with one attached hydrogen (secondary N) is 1. The van der Waals surface area contributed by atoms with Crippen LogP contribution in [0.4, 0.5) is 5.69 Å². The number of ether oxygens (including phenoxy) is 1. The molecule has 2 aromatic carbocycles. The fourth-order valence-corrected chi connectivity index (χ4v) is 3.24. The molecule has 0 aliphatic rings. The Kier molecular flexibility index (Phi) is 6.98. The number of amides is 1. The summed E-state index contributed by atoms with van der Waals surface area (Å²) in [5.74, 6) is -1.37. The van der Waals surface area contributed by atoms with E-state index in [2.05, 4.69) is 10.3 Å². The van der Waals surface area contributed by atoms with Crippen LogP contribution in [0.3, 0.4) is 0 Å². The lowest BCUT2D eigenvalue weighted by atomic mass is 10.1. The van der Waals surface area contributed by atoms with Crippen LogP contribution in [0, 0.1) is 0 Å². The van der Waals surface area contributed by atoms with Crippen molar-refractivity contribution < 1.29 is 14.3 Å². The second-order valence-corrected chi connectivity index (χ2v) is 7.48. The molecule has 148 valence electrons. The van der Waals surface area contributed by atoms with E-state index in [1.165, 1.54) is 30.5 Å². The maximum absolute atomic E-state index is 12.9. The first-order valence-corrected chi connectivity index (χ1v) is 9.68. The summed E-state index contributed by atoms with van der Waals surface area (Å²) in [5, 5.41) is 3.50. The van der Waals surface area contributed by atoms with Gasteiger partial charge in [0.05, 0.1) is 10.6 Å². The minimum atomic E-state index is -1.24. The van der Waals surface area contributed by atoms with Crippen LogP contribution in [0.2, 0.25) is 20.2 Å². The van der Waals surface area contributed by atoms with Crippen LogP contribution in [0.1, 0.15) is 22.0 Å². The Bertz CT molecular complexity index is 1040. The molecule has 1 aromatic heterocycles. The molecule has 9 heteroatoms. The Morgan fingerprint density at radius 1 is 0.931 bits per heavy atom. The minimum absolute atomic E-state index is 0.0541. The van der Waals surface area contributed by atoms with Crippen LogP contribution < -0.4 is 5.32 Å². The highest BCUT2D eigenvalue weighted by atomic mass is 35.5. The highest BCUT2D eigenvalue weighted by molar-refractivity contribution is 6.41. The van der Waals surface area contributed by atoms with Crippen LogP contribution in [0.15, 0.2) is 60.8 Å². The summed E-state index contributed by atoms with van der Waals surface area (Å²) in [6.45, 7) is 0. The SMILES string of the molecule is O=C(OC(C(=O)Nc1cc(Cl)cc(Cl)c1)c1ccccc1)c1cnc(Cl)c(Cl)c1. The lowest BCUT2D eigenvalue weighted by Gasteiger charge is -2.18. The van der Waals surface area contributed by atoms with E-state index in [1.807, 2.05) is 0 Å². The van der Waals surface area contributed by atoms with Crippen molar-refractivity contribution in [2.75, 3.05) is 5.32 Å². The van der Waals surface area contributed by atoms with Gasteiger partial charge in [-0.05, 0) is 24.3 Å². The Morgan fingerprint density at radius 3 is 2.21 bits per heavy atom. The molecule has 1 amide bonds. The van der Waals surface area contributed by atoms with Crippen molar-refractivity contribution in [2.45, 2.75) is 6.10 Å². The number of hydrogen-bond donors (Lipinski definition) is 1. The molecule has 1 unspecified atom stereocenters. The first-order chi connectivity index (χ1) is 13.8. The van der Waals surface area contributed by atoms with Crippen molar-refractivity contribution in [2.24, 2.45) is 0 Å². The number of aromatic nitrogens is 1. The average Bonchev–Trinajstić information content (AvgIpc) is 2.67. The second-order valence-electron chi connectivity index (χ2n) is 5.84. The highest BCUT2D eigenvalue weighted by Gasteiger charge is 2.26. The molecule has 0 spiro atoms. The Morgan fingerprint density at radius 2 is 1.59 bits per heavy atom. The van der Waals surface area contributed by atoms with E-state index in [-0.39, 0.29) is 15.7 Å². The maximum atomic E-state index is 12.9. The topological polar surface area (TPSA) is 68.3 Å². The number of nitrogens with zero attached hydrogens (tertiary/aromatic N) is 1. The summed E-state index contributed by atoms with van der Waals surface area (Å²) in [4.78, 5) is 29.3. The number of anilines is 1. The summed E-state index contributed by atoms with van der Waals surface area (Å²) in [6, 6.07) is 14.4. The average molecular weight is 470 g/mol. The number of halogens is 4. The smallest absolute Gasteiger partial charge is 0.340 e. The molecule has 0 bridgehead atoms. The van der Waals surface area contributed by atoms with Crippen LogP contribution in [-0.2, 0) is 9.53 Å². The molecule has 1 N–H and O–H groups in total. The third-order valence-electron chi connectivity index (χ3n) is 3.73. The standard InChI is InChI=1S/C20H12Cl4N2O3/c21-13-7-14(22)9-15(8-13)26-19(27)17(11-4-2-1-3-5-11)29-20(28)12-6-16(23)18(24)25-10-12/h1-10,17H,(H,26,27). The molecule has 0 fully saturated rings. The van der Waals surface area contributed by atoms with Gasteiger partial charge in [-0.3, -0.25) is 4.79 Å². The monoisotopic (exact) mass is 468 g/mol. The number of esters is 1. The number of pyridine rings is 1. The van der Waals surface area contributed by atoms with Crippen molar-refractivity contribution in [3.8, 4) is 0 Å². The van der Waals surface area contributed by atoms with E-state index in [0.29, 0.717) is 21.3 Å². The highest BCUT2D eigenvalue weighted by Crippen LogP contribution is 2.26. The molecule has 0 saturated carbocycles. The van der Waals surface area contributed by atoms with Gasteiger partial charge >= 0.3 is 5.97 Å². The van der Waals surface area contributed by atoms with Gasteiger partial charge in [-0.1, -0.05) is 76.7 Å². The molecule has 1 heterocycles. The molecule has 29 heavy (non-hydrogen) atoms. The minimum Gasteiger partial charge on any atom is -0.444 e. The molecule has 5 nitrogen and oxygen atoms in total. The molecule has 0 aliphatic carbocycles. The van der Waals surface area contributed by atoms with Crippen molar-refractivity contribution in [3.05, 3.63) is 92.1 Å². The van der Waals surface area contributed by atoms with Crippen LogP contribution in [0.25, 0.3) is 0 Å². The Hall–Kier alpha value is -2.31. The lowest BCUT2D eigenvalue weighted by Crippen LogP contribution is -2.26. The maximum Gasteiger partial charge on any atom is 0.340 e. The fourth-order valence-electron chi connectivity index (χ4n) is 2.44. The van der Waals surface area contributed by atoms with Crippen molar-refractivity contribution >= 4 is 64.0 Å². The van der Waals surface area contributed by atoms with Gasteiger partial charge < -0.3 is 10.1 Å². The lowest BCUT2D eigenvalue weighted by molar-refractivity contribution is -0.125. The number of carbonyl (C=O) groups is 2. The molecule has 3 rings (SSSR count). The fraction of sp³-hybridized carbons (Fsp3) is 0.0500.